The molecule has 1 aliphatic heterocycles. The Morgan fingerprint density at radius 3 is 2.71 bits per heavy atom. The molecule has 5 N–H and O–H groups in total. The van der Waals surface area contributed by atoms with Crippen LogP contribution in [0.15, 0.2) is 18.3 Å². The first-order chi connectivity index (χ1) is 15.1. The van der Waals surface area contributed by atoms with Gasteiger partial charge in [-0.25, -0.2) is 4.98 Å². The summed E-state index contributed by atoms with van der Waals surface area (Å²) in [5, 5.41) is 9.37. The highest BCUT2D eigenvalue weighted by Crippen LogP contribution is 2.45. The third kappa shape index (κ3) is 5.76. The Kier molecular flexibility index (Phi) is 7.43. The predicted octanol–water partition coefficient (Wildman–Crippen LogP) is 2.51. The van der Waals surface area contributed by atoms with Gasteiger partial charge in [-0.1, -0.05) is 44.6 Å². The molecule has 1 saturated heterocycles. The maximum absolute atomic E-state index is 13.2. The van der Waals surface area contributed by atoms with Crippen molar-refractivity contribution < 1.29 is 9.59 Å². The summed E-state index contributed by atoms with van der Waals surface area (Å²) in [5.74, 6) is 2.36. The van der Waals surface area contributed by atoms with Gasteiger partial charge in [0.15, 0.2) is 0 Å². The Balaban J connectivity index is 1.41. The van der Waals surface area contributed by atoms with E-state index in [9.17, 15) is 9.59 Å². The molecule has 2 amide bonds. The van der Waals surface area contributed by atoms with E-state index in [0.29, 0.717) is 24.2 Å². The van der Waals surface area contributed by atoms with E-state index in [1.807, 2.05) is 6.07 Å². The lowest BCUT2D eigenvalue weighted by Crippen LogP contribution is -2.52. The van der Waals surface area contributed by atoms with Crippen LogP contribution in [0.4, 0.5) is 5.82 Å². The molecule has 7 heteroatoms. The summed E-state index contributed by atoms with van der Waals surface area (Å²) in [5.41, 5.74) is 6.55. The predicted molar refractivity (Wildman–Crippen MR) is 121 cm³/mol. The molecule has 0 aromatic carbocycles. The van der Waals surface area contributed by atoms with Crippen LogP contribution in [-0.4, -0.2) is 35.4 Å². The van der Waals surface area contributed by atoms with Crippen molar-refractivity contribution >= 4 is 17.6 Å². The average molecular weight is 428 g/mol. The Bertz CT molecular complexity index is 745. The number of amides is 2. The van der Waals surface area contributed by atoms with E-state index < -0.39 is 6.04 Å². The van der Waals surface area contributed by atoms with Crippen LogP contribution in [0.25, 0.3) is 0 Å². The van der Waals surface area contributed by atoms with E-state index in [0.717, 1.165) is 37.3 Å². The fourth-order valence-electron chi connectivity index (χ4n) is 5.93. The fraction of sp³-hybridized carbons (Fsp3) is 0.708. The van der Waals surface area contributed by atoms with Crippen LogP contribution < -0.4 is 21.7 Å². The van der Waals surface area contributed by atoms with E-state index in [4.69, 9.17) is 5.73 Å². The van der Waals surface area contributed by atoms with Crippen LogP contribution >= 0.6 is 0 Å². The van der Waals surface area contributed by atoms with Gasteiger partial charge in [-0.15, -0.1) is 0 Å². The van der Waals surface area contributed by atoms with Crippen LogP contribution in [0.2, 0.25) is 0 Å². The van der Waals surface area contributed by atoms with Gasteiger partial charge in [-0.05, 0) is 61.6 Å². The summed E-state index contributed by atoms with van der Waals surface area (Å²) < 4.78 is 0. The zero-order valence-electron chi connectivity index (χ0n) is 18.4. The zero-order chi connectivity index (χ0) is 21.6. The highest BCUT2D eigenvalue weighted by molar-refractivity contribution is 5.89. The first-order valence-corrected chi connectivity index (χ1v) is 12.1. The molecule has 3 unspecified atom stereocenters. The molecule has 1 aromatic rings. The second kappa shape index (κ2) is 10.4. The number of hydrogen-bond donors (Lipinski definition) is 4. The number of anilines is 1. The molecule has 0 spiro atoms. The van der Waals surface area contributed by atoms with E-state index in [-0.39, 0.29) is 17.9 Å². The highest BCUT2D eigenvalue weighted by Gasteiger charge is 2.38. The maximum atomic E-state index is 13.2. The van der Waals surface area contributed by atoms with E-state index in [1.165, 1.54) is 44.9 Å². The first-order valence-electron chi connectivity index (χ1n) is 12.1. The second-order valence-electron chi connectivity index (χ2n) is 9.65. The minimum absolute atomic E-state index is 0.0391. The van der Waals surface area contributed by atoms with Gasteiger partial charge in [-0.3, -0.25) is 9.59 Å². The number of nitrogens with zero attached hydrogens (tertiary/aromatic N) is 1. The fourth-order valence-corrected chi connectivity index (χ4v) is 5.93. The van der Waals surface area contributed by atoms with Crippen molar-refractivity contribution in [3.05, 3.63) is 23.9 Å². The van der Waals surface area contributed by atoms with Crippen LogP contribution in [0, 0.1) is 17.8 Å². The number of carbonyl (C=O) groups is 2. The summed E-state index contributed by atoms with van der Waals surface area (Å²) in [6, 6.07) is 2.94. The van der Waals surface area contributed by atoms with Gasteiger partial charge in [0.1, 0.15) is 11.9 Å². The Morgan fingerprint density at radius 2 is 1.94 bits per heavy atom. The first kappa shape index (κ1) is 22.1. The van der Waals surface area contributed by atoms with Gasteiger partial charge >= 0.3 is 0 Å². The van der Waals surface area contributed by atoms with Crippen molar-refractivity contribution in [1.29, 1.82) is 0 Å². The van der Waals surface area contributed by atoms with Crippen LogP contribution in [0.5, 0.6) is 0 Å². The lowest BCUT2D eigenvalue weighted by molar-refractivity contribution is -0.130. The monoisotopic (exact) mass is 427 g/mol. The number of carbonyl (C=O) groups excluding carboxylic acids is 2. The minimum atomic E-state index is -0.484. The molecule has 3 aliphatic rings. The second-order valence-corrected chi connectivity index (χ2v) is 9.65. The molecular formula is C24H37N5O2. The van der Waals surface area contributed by atoms with Gasteiger partial charge < -0.3 is 21.7 Å². The van der Waals surface area contributed by atoms with Crippen LogP contribution in [0.1, 0.15) is 69.8 Å². The number of aromatic nitrogens is 1. The van der Waals surface area contributed by atoms with Gasteiger partial charge in [0, 0.05) is 12.7 Å². The van der Waals surface area contributed by atoms with Crippen molar-refractivity contribution in [2.45, 2.75) is 82.8 Å². The third-order valence-electron chi connectivity index (χ3n) is 7.59. The van der Waals surface area contributed by atoms with Gasteiger partial charge in [0.2, 0.25) is 11.8 Å². The number of nitrogen functional groups attached to an aromatic ring is 1. The summed E-state index contributed by atoms with van der Waals surface area (Å²) in [6.07, 6.45) is 13.3. The Labute approximate surface area is 185 Å². The zero-order valence-corrected chi connectivity index (χ0v) is 18.4. The number of nitrogens with one attached hydrogen (secondary N) is 3. The smallest absolute Gasteiger partial charge is 0.242 e. The molecule has 1 aromatic heterocycles. The quantitative estimate of drug-likeness (QED) is 0.535. The van der Waals surface area contributed by atoms with Gasteiger partial charge in [-0.2, -0.15) is 0 Å². The summed E-state index contributed by atoms with van der Waals surface area (Å²) >= 11 is 0. The maximum Gasteiger partial charge on any atom is 0.242 e. The normalized spacial score (nSPS) is 29.0. The summed E-state index contributed by atoms with van der Waals surface area (Å²) in [7, 11) is 0. The van der Waals surface area contributed by atoms with Gasteiger partial charge in [0.05, 0.1) is 6.04 Å². The van der Waals surface area contributed by atoms with Crippen molar-refractivity contribution in [2.24, 2.45) is 17.8 Å². The number of pyridine rings is 1. The van der Waals surface area contributed by atoms with Crippen molar-refractivity contribution in [1.82, 2.24) is 20.9 Å². The Morgan fingerprint density at radius 1 is 1.10 bits per heavy atom. The molecule has 2 saturated carbocycles. The average Bonchev–Trinajstić information content (AvgIpc) is 3.33. The molecule has 31 heavy (non-hydrogen) atoms. The third-order valence-corrected chi connectivity index (χ3v) is 7.59. The SMILES string of the molecule is Nc1ccc(CNC(=O)[C@H](CC2CCCC3CCCCC32)NC(=O)[C@H]2CCCN2)cn1. The number of nitrogens with two attached hydrogens (primary N) is 1. The largest absolute Gasteiger partial charge is 0.384 e. The lowest BCUT2D eigenvalue weighted by Gasteiger charge is -2.42. The van der Waals surface area contributed by atoms with E-state index in [1.54, 1.807) is 12.3 Å². The molecule has 2 aliphatic carbocycles. The van der Waals surface area contributed by atoms with E-state index >= 15 is 0 Å². The molecule has 0 bridgehead atoms. The molecule has 5 atom stereocenters. The molecule has 2 heterocycles. The molecule has 170 valence electrons. The van der Waals surface area contributed by atoms with E-state index in [2.05, 4.69) is 20.9 Å². The molecular weight excluding hydrogens is 390 g/mol. The summed E-state index contributed by atoms with van der Waals surface area (Å²) in [4.78, 5) is 30.1. The number of hydrogen-bond acceptors (Lipinski definition) is 5. The van der Waals surface area contributed by atoms with Crippen LogP contribution in [-0.2, 0) is 16.1 Å². The minimum Gasteiger partial charge on any atom is -0.384 e. The number of rotatable bonds is 7. The topological polar surface area (TPSA) is 109 Å². The van der Waals surface area contributed by atoms with Crippen molar-refractivity contribution in [3.63, 3.8) is 0 Å². The van der Waals surface area contributed by atoms with Gasteiger partial charge in [0.25, 0.3) is 0 Å². The van der Waals surface area contributed by atoms with Crippen molar-refractivity contribution in [2.75, 3.05) is 12.3 Å². The molecule has 7 nitrogen and oxygen atoms in total. The highest BCUT2D eigenvalue weighted by atomic mass is 16.2. The standard InChI is InChI=1S/C24H37N5O2/c25-22-11-10-16(14-27-22)15-28-23(30)21(29-24(31)20-9-4-12-26-20)13-18-7-3-6-17-5-1-2-8-19(17)18/h10-11,14,17-21,26H,1-9,12-13,15H2,(H2,25,27)(H,28,30)(H,29,31)/t17?,18?,19?,20-,21+/m1/s1. The Hall–Kier alpha value is -2.15. The number of fused-ring (bicyclic) bond motifs is 1. The lowest BCUT2D eigenvalue weighted by atomic mass is 9.64. The van der Waals surface area contributed by atoms with Crippen molar-refractivity contribution in [3.8, 4) is 0 Å². The van der Waals surface area contributed by atoms with Crippen LogP contribution in [0.3, 0.4) is 0 Å². The summed E-state index contributed by atoms with van der Waals surface area (Å²) in [6.45, 7) is 1.25. The molecule has 0 radical (unpaired) electrons. The molecule has 4 rings (SSSR count). The molecule has 3 fully saturated rings.